The molecule has 4 aromatic carbocycles. The lowest BCUT2D eigenvalue weighted by atomic mass is 10.2. The van der Waals surface area contributed by atoms with Crippen LogP contribution in [0.5, 0.6) is 11.5 Å². The van der Waals surface area contributed by atoms with Crippen LogP contribution in [0.2, 0.25) is 0 Å². The largest absolute Gasteiger partial charge is 0.379 e. The summed E-state index contributed by atoms with van der Waals surface area (Å²) in [6, 6.07) is 23.8. The molecule has 0 spiro atoms. The van der Waals surface area contributed by atoms with E-state index in [0.29, 0.717) is 11.4 Å². The maximum Gasteiger partial charge on any atom is 0.339 e. The number of carbonyl (C=O) groups is 1. The first kappa shape index (κ1) is 26.7. The molecule has 0 aromatic heterocycles. The van der Waals surface area contributed by atoms with E-state index in [9.17, 15) is 21.6 Å². The topological polar surface area (TPSA) is 128 Å². The molecule has 11 heteroatoms. The monoisotopic (exact) mass is 552 g/mol. The average Bonchev–Trinajstić information content (AvgIpc) is 2.85. The molecule has 0 aliphatic rings. The van der Waals surface area contributed by atoms with E-state index in [1.165, 1.54) is 66.7 Å². The minimum atomic E-state index is -4.05. The van der Waals surface area contributed by atoms with E-state index in [2.05, 4.69) is 10.6 Å². The Kier molecular flexibility index (Phi) is 7.70. The minimum Gasteiger partial charge on any atom is -0.379 e. The third-order valence-corrected chi connectivity index (χ3v) is 7.66. The Morgan fingerprint density at radius 2 is 1.08 bits per heavy atom. The number of hydrogen-bond acceptors (Lipinski definition) is 7. The molecular formula is C27H24N2O7S2. The van der Waals surface area contributed by atoms with Gasteiger partial charge in [-0.05, 0) is 85.6 Å². The number of urea groups is 1. The summed E-state index contributed by atoms with van der Waals surface area (Å²) >= 11 is 0. The van der Waals surface area contributed by atoms with Crippen LogP contribution in [0.25, 0.3) is 0 Å². The van der Waals surface area contributed by atoms with Gasteiger partial charge >= 0.3 is 26.3 Å². The number of nitrogens with one attached hydrogen (secondary N) is 2. The van der Waals surface area contributed by atoms with Crippen LogP contribution in [0.1, 0.15) is 11.1 Å². The lowest BCUT2D eigenvalue weighted by molar-refractivity contribution is 0.262. The molecular weight excluding hydrogens is 528 g/mol. The summed E-state index contributed by atoms with van der Waals surface area (Å²) in [5, 5.41) is 5.20. The molecule has 0 saturated carbocycles. The Bertz CT molecular complexity index is 1680. The van der Waals surface area contributed by atoms with Gasteiger partial charge in [-0.1, -0.05) is 30.3 Å². The Labute approximate surface area is 221 Å². The minimum absolute atomic E-state index is 0.0210. The second-order valence-corrected chi connectivity index (χ2v) is 11.4. The van der Waals surface area contributed by atoms with Gasteiger partial charge in [0, 0.05) is 17.4 Å². The molecule has 0 atom stereocenters. The molecule has 0 aliphatic carbocycles. The quantitative estimate of drug-likeness (QED) is 0.277. The highest BCUT2D eigenvalue weighted by Crippen LogP contribution is 2.24. The van der Waals surface area contributed by atoms with Crippen molar-refractivity contribution in [2.24, 2.45) is 0 Å². The van der Waals surface area contributed by atoms with Gasteiger partial charge in [-0.3, -0.25) is 0 Å². The number of anilines is 2. The third-order valence-electron chi connectivity index (χ3n) is 5.17. The van der Waals surface area contributed by atoms with E-state index in [0.717, 1.165) is 11.1 Å². The fourth-order valence-electron chi connectivity index (χ4n) is 3.40. The second kappa shape index (κ2) is 11.0. The molecule has 4 rings (SSSR count). The molecule has 9 nitrogen and oxygen atoms in total. The van der Waals surface area contributed by atoms with Crippen LogP contribution in [0.4, 0.5) is 16.2 Å². The van der Waals surface area contributed by atoms with Crippen molar-refractivity contribution in [1.29, 1.82) is 0 Å². The van der Waals surface area contributed by atoms with Gasteiger partial charge in [-0.25, -0.2) is 4.79 Å². The molecule has 4 aromatic rings. The van der Waals surface area contributed by atoms with Crippen molar-refractivity contribution < 1.29 is 30.0 Å². The van der Waals surface area contributed by atoms with Gasteiger partial charge in [0.1, 0.15) is 21.3 Å². The van der Waals surface area contributed by atoms with Crippen molar-refractivity contribution in [3.8, 4) is 11.5 Å². The van der Waals surface area contributed by atoms with E-state index in [-0.39, 0.29) is 21.3 Å². The van der Waals surface area contributed by atoms with Gasteiger partial charge in [0.2, 0.25) is 0 Å². The van der Waals surface area contributed by atoms with Gasteiger partial charge < -0.3 is 19.0 Å². The van der Waals surface area contributed by atoms with Gasteiger partial charge in [-0.2, -0.15) is 16.8 Å². The molecule has 0 radical (unpaired) electrons. The summed E-state index contributed by atoms with van der Waals surface area (Å²) in [7, 11) is -8.05. The number of benzene rings is 4. The summed E-state index contributed by atoms with van der Waals surface area (Å²) in [6.45, 7) is 3.55. The van der Waals surface area contributed by atoms with Crippen LogP contribution >= 0.6 is 0 Å². The second-order valence-electron chi connectivity index (χ2n) is 8.34. The molecule has 196 valence electrons. The smallest absolute Gasteiger partial charge is 0.339 e. The zero-order valence-electron chi connectivity index (χ0n) is 20.4. The molecule has 0 aliphatic heterocycles. The average molecular weight is 553 g/mol. The van der Waals surface area contributed by atoms with Gasteiger partial charge in [0.05, 0.1) is 0 Å². The molecule has 0 bridgehead atoms. The highest BCUT2D eigenvalue weighted by atomic mass is 32.2. The first-order chi connectivity index (χ1) is 18.0. The summed E-state index contributed by atoms with van der Waals surface area (Å²) in [5.74, 6) is 0.109. The third kappa shape index (κ3) is 6.90. The van der Waals surface area contributed by atoms with E-state index < -0.39 is 26.3 Å². The first-order valence-corrected chi connectivity index (χ1v) is 14.1. The highest BCUT2D eigenvalue weighted by molar-refractivity contribution is 7.87. The lowest BCUT2D eigenvalue weighted by Crippen LogP contribution is -2.19. The fourth-order valence-corrected chi connectivity index (χ4v) is 5.47. The van der Waals surface area contributed by atoms with Crippen molar-refractivity contribution >= 4 is 37.6 Å². The molecule has 0 fully saturated rings. The van der Waals surface area contributed by atoms with Crippen LogP contribution in [-0.2, 0) is 20.2 Å². The van der Waals surface area contributed by atoms with E-state index >= 15 is 0 Å². The predicted octanol–water partition coefficient (Wildman–Crippen LogP) is 5.48. The van der Waals surface area contributed by atoms with Crippen LogP contribution < -0.4 is 19.0 Å². The zero-order valence-corrected chi connectivity index (χ0v) is 22.0. The van der Waals surface area contributed by atoms with E-state index in [1.54, 1.807) is 44.2 Å². The van der Waals surface area contributed by atoms with Crippen molar-refractivity contribution in [3.05, 3.63) is 108 Å². The Morgan fingerprint density at radius 1 is 0.579 bits per heavy atom. The maximum atomic E-state index is 12.6. The number of aryl methyl sites for hydroxylation is 2. The van der Waals surface area contributed by atoms with Crippen molar-refractivity contribution in [3.63, 3.8) is 0 Å². The summed E-state index contributed by atoms with van der Waals surface area (Å²) in [6.07, 6.45) is 0. The fraction of sp³-hybridized carbons (Fsp3) is 0.0741. The molecule has 38 heavy (non-hydrogen) atoms. The lowest BCUT2D eigenvalue weighted by Gasteiger charge is -2.11. The summed E-state index contributed by atoms with van der Waals surface area (Å²) in [5.41, 5.74) is 2.22. The van der Waals surface area contributed by atoms with E-state index in [4.69, 9.17) is 8.37 Å². The number of amides is 2. The molecule has 2 amide bonds. The van der Waals surface area contributed by atoms with Crippen LogP contribution in [0, 0.1) is 13.8 Å². The Balaban J connectivity index is 1.37. The normalized spacial score (nSPS) is 11.4. The molecule has 0 heterocycles. The number of carbonyl (C=O) groups excluding carboxylic acids is 1. The summed E-state index contributed by atoms with van der Waals surface area (Å²) in [4.78, 5) is 12.5. The standard InChI is InChI=1S/C27H24N2O7S2/c1-19-6-3-10-25(16-19)37(31,32)35-23-14-12-21(13-15-23)28-27(30)29-22-8-5-9-24(18-22)36-38(33,34)26-11-4-7-20(2)17-26/h3-18H,1-2H3,(H2,28,29,30). The van der Waals surface area contributed by atoms with Gasteiger partial charge in [0.15, 0.2) is 0 Å². The maximum absolute atomic E-state index is 12.6. The molecule has 2 N–H and O–H groups in total. The Hall–Kier alpha value is -4.35. The predicted molar refractivity (Wildman–Crippen MR) is 144 cm³/mol. The van der Waals surface area contributed by atoms with Gasteiger partial charge in [0.25, 0.3) is 0 Å². The first-order valence-electron chi connectivity index (χ1n) is 11.3. The highest BCUT2D eigenvalue weighted by Gasteiger charge is 2.18. The van der Waals surface area contributed by atoms with Crippen LogP contribution in [-0.4, -0.2) is 22.9 Å². The molecule has 0 saturated heterocycles. The zero-order chi connectivity index (χ0) is 27.3. The van der Waals surface area contributed by atoms with Crippen molar-refractivity contribution in [2.75, 3.05) is 10.6 Å². The SMILES string of the molecule is Cc1cccc(S(=O)(=O)Oc2ccc(NC(=O)Nc3cccc(OS(=O)(=O)c4cccc(C)c4)c3)cc2)c1. The molecule has 0 unspecified atom stereocenters. The number of rotatable bonds is 8. The Morgan fingerprint density at radius 3 is 1.63 bits per heavy atom. The van der Waals surface area contributed by atoms with Crippen molar-refractivity contribution in [1.82, 2.24) is 0 Å². The van der Waals surface area contributed by atoms with E-state index in [1.807, 2.05) is 0 Å². The summed E-state index contributed by atoms with van der Waals surface area (Å²) < 4.78 is 60.5. The van der Waals surface area contributed by atoms with Crippen LogP contribution in [0.3, 0.4) is 0 Å². The van der Waals surface area contributed by atoms with Crippen molar-refractivity contribution in [2.45, 2.75) is 23.6 Å². The number of hydrogen-bond donors (Lipinski definition) is 2. The van der Waals surface area contributed by atoms with Gasteiger partial charge in [-0.15, -0.1) is 0 Å². The van der Waals surface area contributed by atoms with Crippen LogP contribution in [0.15, 0.2) is 107 Å².